The zero-order valence-corrected chi connectivity index (χ0v) is 17.3. The Morgan fingerprint density at radius 2 is 1.97 bits per heavy atom. The summed E-state index contributed by atoms with van der Waals surface area (Å²) in [4.78, 5) is 17.7. The molecule has 0 radical (unpaired) electrons. The minimum Gasteiger partial charge on any atom is -0.453 e. The summed E-state index contributed by atoms with van der Waals surface area (Å²) in [5.41, 5.74) is 1.24. The molecule has 7 nitrogen and oxygen atoms in total. The first-order valence-corrected chi connectivity index (χ1v) is 10.3. The molecule has 1 aliphatic heterocycles. The lowest BCUT2D eigenvalue weighted by Crippen LogP contribution is -2.42. The molecule has 0 N–H and O–H groups in total. The van der Waals surface area contributed by atoms with Crippen LogP contribution >= 0.6 is 0 Å². The molecule has 11 heteroatoms. The number of fused-ring (bicyclic) bond motifs is 1. The molecule has 0 spiro atoms. The average molecular weight is 444 g/mol. The van der Waals surface area contributed by atoms with Crippen LogP contribution in [0.3, 0.4) is 0 Å². The fraction of sp³-hybridized carbons (Fsp3) is 0.650. The van der Waals surface area contributed by atoms with Gasteiger partial charge >= 0.3 is 12.3 Å². The maximum atomic E-state index is 15.2. The molecule has 1 saturated carbocycles. The molecule has 2 fully saturated rings. The summed E-state index contributed by atoms with van der Waals surface area (Å²) in [5, 5.41) is 4.41. The molecule has 1 atom stereocenters. The number of carbonyl (C=O) groups is 1. The number of hydrogen-bond donors (Lipinski definition) is 0. The number of rotatable bonds is 2. The van der Waals surface area contributed by atoms with Gasteiger partial charge in [-0.1, -0.05) is 0 Å². The lowest BCUT2D eigenvalue weighted by atomic mass is 9.80. The Kier molecular flexibility index (Phi) is 5.80. The molecule has 2 aromatic heterocycles. The predicted molar refractivity (Wildman–Crippen MR) is 101 cm³/mol. The van der Waals surface area contributed by atoms with Crippen LogP contribution in [0.2, 0.25) is 0 Å². The number of nitrogens with zero attached hydrogens (tertiary/aromatic N) is 4. The van der Waals surface area contributed by atoms with Gasteiger partial charge in [-0.05, 0) is 38.7 Å². The van der Waals surface area contributed by atoms with Gasteiger partial charge in [-0.2, -0.15) is 18.3 Å². The van der Waals surface area contributed by atoms with E-state index >= 15 is 4.39 Å². The maximum absolute atomic E-state index is 15.2. The van der Waals surface area contributed by atoms with Gasteiger partial charge in [-0.15, -0.1) is 0 Å². The van der Waals surface area contributed by atoms with Crippen molar-refractivity contribution in [2.75, 3.05) is 26.8 Å². The average Bonchev–Trinajstić information content (AvgIpc) is 3.08. The second-order valence-corrected chi connectivity index (χ2v) is 8.12. The van der Waals surface area contributed by atoms with Gasteiger partial charge in [0, 0.05) is 18.2 Å². The van der Waals surface area contributed by atoms with Gasteiger partial charge in [0.05, 0.1) is 31.9 Å². The SMILES string of the molecule is COC(=O)N1CCO[C@@H](c2cc(C)nc3c(F)c(C4CCC(C(F)(F)F)CC4)nn23)C1. The van der Waals surface area contributed by atoms with Crippen molar-refractivity contribution in [1.82, 2.24) is 19.5 Å². The fourth-order valence-corrected chi connectivity index (χ4v) is 4.46. The summed E-state index contributed by atoms with van der Waals surface area (Å²) in [5.74, 6) is -2.35. The Hall–Kier alpha value is -2.43. The number of morpholine rings is 1. The van der Waals surface area contributed by atoms with Gasteiger partial charge in [-0.3, -0.25) is 0 Å². The first-order chi connectivity index (χ1) is 14.7. The number of amides is 1. The Morgan fingerprint density at radius 3 is 2.61 bits per heavy atom. The quantitative estimate of drug-likeness (QED) is 0.651. The molecule has 0 aromatic carbocycles. The summed E-state index contributed by atoms with van der Waals surface area (Å²) in [6.45, 7) is 2.57. The third-order valence-electron chi connectivity index (χ3n) is 6.12. The lowest BCUT2D eigenvalue weighted by molar-refractivity contribution is -0.182. The van der Waals surface area contributed by atoms with Crippen LogP contribution in [-0.4, -0.2) is 58.6 Å². The molecular weight excluding hydrogens is 420 g/mol. The highest BCUT2D eigenvalue weighted by molar-refractivity contribution is 5.67. The van der Waals surface area contributed by atoms with Gasteiger partial charge in [0.1, 0.15) is 11.8 Å². The van der Waals surface area contributed by atoms with Gasteiger partial charge < -0.3 is 14.4 Å². The number of hydrogen-bond acceptors (Lipinski definition) is 5. The van der Waals surface area contributed by atoms with E-state index in [1.165, 1.54) is 16.5 Å². The highest BCUT2D eigenvalue weighted by atomic mass is 19.4. The van der Waals surface area contributed by atoms with Crippen LogP contribution in [-0.2, 0) is 9.47 Å². The van der Waals surface area contributed by atoms with Crippen molar-refractivity contribution < 1.29 is 31.8 Å². The largest absolute Gasteiger partial charge is 0.453 e. The second kappa shape index (κ2) is 8.25. The topological polar surface area (TPSA) is 69.0 Å². The number of carbonyl (C=O) groups excluding carboxylic acids is 1. The number of halogens is 4. The smallest absolute Gasteiger partial charge is 0.409 e. The van der Waals surface area contributed by atoms with Crippen molar-refractivity contribution >= 4 is 11.7 Å². The first-order valence-electron chi connectivity index (χ1n) is 10.3. The maximum Gasteiger partial charge on any atom is 0.409 e. The fourth-order valence-electron chi connectivity index (χ4n) is 4.46. The van der Waals surface area contributed by atoms with Crippen LogP contribution < -0.4 is 0 Å². The minimum atomic E-state index is -4.22. The van der Waals surface area contributed by atoms with Crippen molar-refractivity contribution in [3.63, 3.8) is 0 Å². The molecule has 2 aliphatic rings. The van der Waals surface area contributed by atoms with E-state index in [4.69, 9.17) is 9.47 Å². The predicted octanol–water partition coefficient (Wildman–Crippen LogP) is 4.15. The third-order valence-corrected chi connectivity index (χ3v) is 6.12. The van der Waals surface area contributed by atoms with Crippen LogP contribution in [0.5, 0.6) is 0 Å². The Labute approximate surface area is 176 Å². The second-order valence-electron chi connectivity index (χ2n) is 8.12. The summed E-state index contributed by atoms with van der Waals surface area (Å²) >= 11 is 0. The highest BCUT2D eigenvalue weighted by Gasteiger charge is 2.42. The van der Waals surface area contributed by atoms with E-state index in [0.29, 0.717) is 17.9 Å². The van der Waals surface area contributed by atoms with Crippen LogP contribution in [0.15, 0.2) is 6.07 Å². The summed E-state index contributed by atoms with van der Waals surface area (Å²) in [7, 11) is 1.30. The van der Waals surface area contributed by atoms with E-state index in [1.54, 1.807) is 13.0 Å². The molecule has 4 rings (SSSR count). The third kappa shape index (κ3) is 4.19. The van der Waals surface area contributed by atoms with Crippen LogP contribution in [0.1, 0.15) is 54.8 Å². The van der Waals surface area contributed by atoms with E-state index in [-0.39, 0.29) is 50.2 Å². The normalized spacial score (nSPS) is 25.1. The summed E-state index contributed by atoms with van der Waals surface area (Å²) in [6, 6.07) is 1.72. The van der Waals surface area contributed by atoms with E-state index in [9.17, 15) is 18.0 Å². The molecule has 31 heavy (non-hydrogen) atoms. The number of ether oxygens (including phenoxy) is 2. The van der Waals surface area contributed by atoms with Gasteiger partial charge in [0.15, 0.2) is 11.5 Å². The van der Waals surface area contributed by atoms with Crippen LogP contribution in [0.4, 0.5) is 22.4 Å². The standard InChI is InChI=1S/C20H24F4N4O3/c1-11-9-14(15-10-27(7-8-31-15)19(29)30-2)28-18(25-11)16(21)17(26-28)12-3-5-13(6-4-12)20(22,23)24/h9,12-13,15H,3-8,10H2,1-2H3/t12?,13?,15-/m1/s1. The molecule has 0 unspecified atom stereocenters. The highest BCUT2D eigenvalue weighted by Crippen LogP contribution is 2.43. The van der Waals surface area contributed by atoms with E-state index < -0.39 is 36.0 Å². The van der Waals surface area contributed by atoms with Gasteiger partial charge in [0.25, 0.3) is 0 Å². The Balaban J connectivity index is 1.64. The number of aromatic nitrogens is 3. The monoisotopic (exact) mass is 444 g/mol. The summed E-state index contributed by atoms with van der Waals surface area (Å²) < 4.78 is 66.1. The molecule has 2 aromatic rings. The van der Waals surface area contributed by atoms with Crippen molar-refractivity contribution in [3.05, 3.63) is 29.0 Å². The van der Waals surface area contributed by atoms with Gasteiger partial charge in [0.2, 0.25) is 0 Å². The molecule has 1 amide bonds. The van der Waals surface area contributed by atoms with Crippen LogP contribution in [0.25, 0.3) is 5.65 Å². The lowest BCUT2D eigenvalue weighted by Gasteiger charge is -2.32. The van der Waals surface area contributed by atoms with E-state index in [2.05, 4.69) is 10.1 Å². The molecule has 1 aliphatic carbocycles. The molecule has 1 saturated heterocycles. The Bertz CT molecular complexity index is 969. The van der Waals surface area contributed by atoms with E-state index in [0.717, 1.165) is 0 Å². The zero-order valence-electron chi connectivity index (χ0n) is 17.3. The van der Waals surface area contributed by atoms with Crippen molar-refractivity contribution in [3.8, 4) is 0 Å². The molecule has 0 bridgehead atoms. The summed E-state index contributed by atoms with van der Waals surface area (Å²) in [6.07, 6.45) is -4.92. The van der Waals surface area contributed by atoms with Crippen molar-refractivity contribution in [1.29, 1.82) is 0 Å². The first kappa shape index (κ1) is 21.8. The van der Waals surface area contributed by atoms with Gasteiger partial charge in [-0.25, -0.2) is 18.7 Å². The molecule has 3 heterocycles. The van der Waals surface area contributed by atoms with Crippen molar-refractivity contribution in [2.45, 2.75) is 50.8 Å². The zero-order chi connectivity index (χ0) is 22.3. The molecule has 170 valence electrons. The van der Waals surface area contributed by atoms with E-state index in [1.807, 2.05) is 0 Å². The van der Waals surface area contributed by atoms with Crippen molar-refractivity contribution in [2.24, 2.45) is 5.92 Å². The number of methoxy groups -OCH3 is 1. The Morgan fingerprint density at radius 1 is 1.26 bits per heavy atom. The number of aryl methyl sites for hydroxylation is 1. The number of alkyl halides is 3. The molecular formula is C20H24F4N4O3. The van der Waals surface area contributed by atoms with Crippen LogP contribution in [0, 0.1) is 18.7 Å². The minimum absolute atomic E-state index is 0.0155.